The van der Waals surface area contributed by atoms with Crippen molar-refractivity contribution in [3.8, 4) is 0 Å². The summed E-state index contributed by atoms with van der Waals surface area (Å²) in [5, 5.41) is 0.130. The van der Waals surface area contributed by atoms with Gasteiger partial charge >= 0.3 is 0 Å². The first-order valence-electron chi connectivity index (χ1n) is 4.17. The van der Waals surface area contributed by atoms with Gasteiger partial charge in [0.25, 0.3) is 0 Å². The molecule has 0 radical (unpaired) electrons. The predicted octanol–water partition coefficient (Wildman–Crippen LogP) is 2.84. The lowest BCUT2D eigenvalue weighted by Gasteiger charge is -2.19. The SMILES string of the molecule is Fc1ccc(N2C=NC=CC2)cc1Cl. The molecule has 1 heterocycles. The molecule has 0 bridgehead atoms. The molecule has 0 aliphatic carbocycles. The molecule has 0 aromatic heterocycles. The molecule has 0 spiro atoms. The molecule has 1 aliphatic heterocycles. The first kappa shape index (κ1) is 9.21. The number of halogens is 2. The minimum atomic E-state index is -0.403. The summed E-state index contributed by atoms with van der Waals surface area (Å²) in [6.45, 7) is 0.728. The van der Waals surface area contributed by atoms with Crippen LogP contribution in [0.25, 0.3) is 0 Å². The maximum Gasteiger partial charge on any atom is 0.141 e. The second kappa shape index (κ2) is 3.80. The summed E-state index contributed by atoms with van der Waals surface area (Å²) in [4.78, 5) is 5.85. The van der Waals surface area contributed by atoms with E-state index in [4.69, 9.17) is 11.6 Å². The first-order valence-corrected chi connectivity index (χ1v) is 4.55. The van der Waals surface area contributed by atoms with Crippen LogP contribution < -0.4 is 4.90 Å². The zero-order chi connectivity index (χ0) is 9.97. The van der Waals surface area contributed by atoms with Gasteiger partial charge in [0.2, 0.25) is 0 Å². The van der Waals surface area contributed by atoms with Crippen LogP contribution in [0.15, 0.2) is 35.5 Å². The molecule has 1 aromatic carbocycles. The summed E-state index contributed by atoms with van der Waals surface area (Å²) in [5.74, 6) is -0.403. The predicted molar refractivity (Wildman–Crippen MR) is 56.4 cm³/mol. The smallest absolute Gasteiger partial charge is 0.141 e. The molecule has 0 N–H and O–H groups in total. The standard InChI is InChI=1S/C10H8ClFN2/c11-9-6-8(2-3-10(9)12)14-5-1-4-13-7-14/h1-4,6-7H,5H2. The molecule has 2 nitrogen and oxygen atoms in total. The van der Waals surface area contributed by atoms with E-state index in [1.54, 1.807) is 24.7 Å². The maximum atomic E-state index is 12.9. The van der Waals surface area contributed by atoms with Crippen LogP contribution in [0.4, 0.5) is 10.1 Å². The fraction of sp³-hybridized carbons (Fsp3) is 0.100. The van der Waals surface area contributed by atoms with Crippen LogP contribution in [0.5, 0.6) is 0 Å². The average Bonchev–Trinajstić information content (AvgIpc) is 2.23. The van der Waals surface area contributed by atoms with Crippen molar-refractivity contribution in [2.45, 2.75) is 0 Å². The van der Waals surface area contributed by atoms with E-state index in [9.17, 15) is 4.39 Å². The second-order valence-electron chi connectivity index (χ2n) is 2.90. The molecule has 1 aromatic rings. The molecule has 14 heavy (non-hydrogen) atoms. The highest BCUT2D eigenvalue weighted by Crippen LogP contribution is 2.22. The van der Waals surface area contributed by atoms with Crippen LogP contribution >= 0.6 is 11.6 Å². The molecule has 0 saturated carbocycles. The lowest BCUT2D eigenvalue weighted by molar-refractivity contribution is 0.628. The van der Waals surface area contributed by atoms with Gasteiger partial charge in [-0.3, -0.25) is 0 Å². The molecule has 0 amide bonds. The van der Waals surface area contributed by atoms with Gasteiger partial charge in [0.05, 0.1) is 11.4 Å². The molecule has 72 valence electrons. The number of hydrogen-bond donors (Lipinski definition) is 0. The number of aliphatic imine (C=N–C) groups is 1. The summed E-state index contributed by atoms with van der Waals surface area (Å²) in [7, 11) is 0. The topological polar surface area (TPSA) is 15.6 Å². The van der Waals surface area contributed by atoms with Gasteiger partial charge in [0.15, 0.2) is 0 Å². The van der Waals surface area contributed by atoms with Crippen molar-refractivity contribution >= 4 is 23.6 Å². The summed E-state index contributed by atoms with van der Waals surface area (Å²) in [6.07, 6.45) is 5.32. The van der Waals surface area contributed by atoms with Crippen LogP contribution in [-0.4, -0.2) is 12.9 Å². The van der Waals surface area contributed by atoms with Gasteiger partial charge in [-0.05, 0) is 24.3 Å². The van der Waals surface area contributed by atoms with Gasteiger partial charge in [0, 0.05) is 18.4 Å². The van der Waals surface area contributed by atoms with E-state index in [0.717, 1.165) is 12.2 Å². The van der Waals surface area contributed by atoms with Gasteiger partial charge in [-0.2, -0.15) is 0 Å². The highest BCUT2D eigenvalue weighted by molar-refractivity contribution is 6.31. The highest BCUT2D eigenvalue weighted by Gasteiger charge is 2.06. The van der Waals surface area contributed by atoms with E-state index in [0.29, 0.717) is 0 Å². The molecule has 0 atom stereocenters. The number of benzene rings is 1. The van der Waals surface area contributed by atoms with Gasteiger partial charge < -0.3 is 4.90 Å². The van der Waals surface area contributed by atoms with E-state index in [-0.39, 0.29) is 5.02 Å². The fourth-order valence-electron chi connectivity index (χ4n) is 1.22. The van der Waals surface area contributed by atoms with Crippen molar-refractivity contribution in [2.75, 3.05) is 11.4 Å². The normalized spacial score (nSPS) is 14.9. The Balaban J connectivity index is 2.28. The molecular weight excluding hydrogens is 203 g/mol. The van der Waals surface area contributed by atoms with Crippen LogP contribution in [0.2, 0.25) is 5.02 Å². The van der Waals surface area contributed by atoms with Crippen molar-refractivity contribution in [1.29, 1.82) is 0 Å². The van der Waals surface area contributed by atoms with Crippen LogP contribution in [0.3, 0.4) is 0 Å². The summed E-state index contributed by atoms with van der Waals surface area (Å²) < 4.78 is 12.9. The van der Waals surface area contributed by atoms with Crippen molar-refractivity contribution in [1.82, 2.24) is 0 Å². The minimum absolute atomic E-state index is 0.130. The summed E-state index contributed by atoms with van der Waals surface area (Å²) in [5.41, 5.74) is 0.838. The van der Waals surface area contributed by atoms with Gasteiger partial charge in [-0.15, -0.1) is 0 Å². The Labute approximate surface area is 86.3 Å². The van der Waals surface area contributed by atoms with E-state index < -0.39 is 5.82 Å². The number of nitrogens with zero attached hydrogens (tertiary/aromatic N) is 2. The molecular formula is C10H8ClFN2. The molecule has 1 aliphatic rings. The Kier molecular flexibility index (Phi) is 2.50. The molecule has 0 fully saturated rings. The Bertz CT molecular complexity index is 401. The van der Waals surface area contributed by atoms with Crippen molar-refractivity contribution in [3.05, 3.63) is 41.3 Å². The maximum absolute atomic E-state index is 12.9. The molecule has 0 saturated heterocycles. The van der Waals surface area contributed by atoms with Crippen molar-refractivity contribution in [2.24, 2.45) is 4.99 Å². The quantitative estimate of drug-likeness (QED) is 0.696. The van der Waals surface area contributed by atoms with Crippen LogP contribution in [0, 0.1) is 5.82 Å². The van der Waals surface area contributed by atoms with E-state index in [1.807, 2.05) is 11.0 Å². The zero-order valence-corrected chi connectivity index (χ0v) is 8.08. The lowest BCUT2D eigenvalue weighted by atomic mass is 10.3. The van der Waals surface area contributed by atoms with E-state index >= 15 is 0 Å². The van der Waals surface area contributed by atoms with Gasteiger partial charge in [0.1, 0.15) is 5.82 Å². The van der Waals surface area contributed by atoms with Crippen LogP contribution in [-0.2, 0) is 0 Å². The number of rotatable bonds is 1. The number of anilines is 1. The second-order valence-corrected chi connectivity index (χ2v) is 3.31. The van der Waals surface area contributed by atoms with E-state index in [1.165, 1.54) is 6.07 Å². The van der Waals surface area contributed by atoms with Gasteiger partial charge in [-0.1, -0.05) is 11.6 Å². The highest BCUT2D eigenvalue weighted by atomic mass is 35.5. The summed E-state index contributed by atoms with van der Waals surface area (Å²) in [6, 6.07) is 4.61. The molecule has 0 unspecified atom stereocenters. The third-order valence-electron chi connectivity index (χ3n) is 1.93. The number of hydrogen-bond acceptors (Lipinski definition) is 2. The monoisotopic (exact) mass is 210 g/mol. The minimum Gasteiger partial charge on any atom is -0.328 e. The first-order chi connectivity index (χ1) is 6.77. The third kappa shape index (κ3) is 1.77. The Morgan fingerprint density at radius 3 is 2.93 bits per heavy atom. The summed E-state index contributed by atoms with van der Waals surface area (Å²) >= 11 is 5.67. The molecule has 4 heteroatoms. The van der Waals surface area contributed by atoms with Crippen LogP contribution in [0.1, 0.15) is 0 Å². The molecule has 2 rings (SSSR count). The Hall–Kier alpha value is -1.35. The largest absolute Gasteiger partial charge is 0.328 e. The van der Waals surface area contributed by atoms with Crippen molar-refractivity contribution in [3.63, 3.8) is 0 Å². The lowest BCUT2D eigenvalue weighted by Crippen LogP contribution is -2.22. The third-order valence-corrected chi connectivity index (χ3v) is 2.22. The fourth-order valence-corrected chi connectivity index (χ4v) is 1.40. The van der Waals surface area contributed by atoms with Gasteiger partial charge in [-0.25, -0.2) is 9.38 Å². The zero-order valence-electron chi connectivity index (χ0n) is 7.32. The van der Waals surface area contributed by atoms with E-state index in [2.05, 4.69) is 4.99 Å². The average molecular weight is 211 g/mol. The Morgan fingerprint density at radius 2 is 2.29 bits per heavy atom. The Morgan fingerprint density at radius 1 is 1.43 bits per heavy atom. The van der Waals surface area contributed by atoms with Crippen molar-refractivity contribution < 1.29 is 4.39 Å².